The molecule has 1 aromatic heterocycles. The van der Waals surface area contributed by atoms with E-state index in [9.17, 15) is 14.9 Å². The van der Waals surface area contributed by atoms with Crippen LogP contribution in [-0.2, 0) is 0 Å². The fourth-order valence-electron chi connectivity index (χ4n) is 4.46. The van der Waals surface area contributed by atoms with Gasteiger partial charge >= 0.3 is 0 Å². The highest BCUT2D eigenvalue weighted by molar-refractivity contribution is 7.21. The van der Waals surface area contributed by atoms with Crippen LogP contribution >= 0.6 is 11.3 Å². The summed E-state index contributed by atoms with van der Waals surface area (Å²) in [6.45, 7) is 3.73. The Kier molecular flexibility index (Phi) is 6.56. The number of hydrogen-bond donors (Lipinski definition) is 1. The van der Waals surface area contributed by atoms with Crippen molar-refractivity contribution >= 4 is 44.5 Å². The molecule has 36 heavy (non-hydrogen) atoms. The lowest BCUT2D eigenvalue weighted by Crippen LogP contribution is -2.33. The summed E-state index contributed by atoms with van der Waals surface area (Å²) in [6.07, 6.45) is 1.98. The van der Waals surface area contributed by atoms with Gasteiger partial charge in [-0.1, -0.05) is 19.1 Å². The van der Waals surface area contributed by atoms with Gasteiger partial charge in [-0.2, -0.15) is 0 Å². The van der Waals surface area contributed by atoms with Crippen molar-refractivity contribution < 1.29 is 14.5 Å². The van der Waals surface area contributed by atoms with E-state index in [1.54, 1.807) is 29.5 Å². The number of ether oxygens (including phenoxy) is 1. The van der Waals surface area contributed by atoms with E-state index in [4.69, 9.17) is 9.72 Å². The summed E-state index contributed by atoms with van der Waals surface area (Å²) < 4.78 is 6.53. The van der Waals surface area contributed by atoms with E-state index in [0.29, 0.717) is 23.0 Å². The van der Waals surface area contributed by atoms with Crippen LogP contribution < -0.4 is 15.0 Å². The number of methoxy groups -OCH3 is 1. The van der Waals surface area contributed by atoms with Crippen molar-refractivity contribution in [3.8, 4) is 16.3 Å². The van der Waals surface area contributed by atoms with E-state index in [0.717, 1.165) is 46.7 Å². The monoisotopic (exact) mass is 502 g/mol. The minimum absolute atomic E-state index is 0.0626. The Balaban J connectivity index is 1.42. The Morgan fingerprint density at radius 3 is 2.64 bits per heavy atom. The minimum Gasteiger partial charge on any atom is -0.495 e. The summed E-state index contributed by atoms with van der Waals surface area (Å²) >= 11 is 1.56. The minimum atomic E-state index is -0.448. The Labute approximate surface area is 212 Å². The molecule has 1 amide bonds. The number of nitro groups is 1. The van der Waals surface area contributed by atoms with E-state index in [-0.39, 0.29) is 11.3 Å². The van der Waals surface area contributed by atoms with Crippen molar-refractivity contribution in [1.82, 2.24) is 4.98 Å². The lowest BCUT2D eigenvalue weighted by Gasteiger charge is -2.31. The normalized spacial score (nSPS) is 14.1. The molecule has 0 saturated carbocycles. The molecule has 0 radical (unpaired) electrons. The first-order valence-electron chi connectivity index (χ1n) is 11.8. The molecule has 184 valence electrons. The van der Waals surface area contributed by atoms with Crippen LogP contribution in [0.3, 0.4) is 0 Å². The third-order valence-electron chi connectivity index (χ3n) is 6.55. The molecular formula is C27H26N4O4S. The SMILES string of the molecule is COc1ccc(-c2nc3ccccc3s2)cc1NC(=O)c1ccc(N2CCC(C)CC2)c([N+](=O)[O-])c1. The Morgan fingerprint density at radius 1 is 1.14 bits per heavy atom. The molecule has 9 heteroatoms. The lowest BCUT2D eigenvalue weighted by atomic mass is 9.98. The first-order valence-corrected chi connectivity index (χ1v) is 12.6. The van der Waals surface area contributed by atoms with Gasteiger partial charge in [0.1, 0.15) is 16.4 Å². The second-order valence-electron chi connectivity index (χ2n) is 8.99. The summed E-state index contributed by atoms with van der Waals surface area (Å²) in [4.78, 5) is 31.3. The Morgan fingerprint density at radius 2 is 1.92 bits per heavy atom. The predicted molar refractivity (Wildman–Crippen MR) is 143 cm³/mol. The van der Waals surface area contributed by atoms with Gasteiger partial charge < -0.3 is 15.0 Å². The number of hydrogen-bond acceptors (Lipinski definition) is 7. The summed E-state index contributed by atoms with van der Waals surface area (Å²) in [5.74, 6) is 0.650. The molecule has 1 fully saturated rings. The number of para-hydroxylation sites is 1. The first-order chi connectivity index (χ1) is 17.4. The highest BCUT2D eigenvalue weighted by atomic mass is 32.1. The summed E-state index contributed by atoms with van der Waals surface area (Å²) in [6, 6.07) is 18.1. The highest BCUT2D eigenvalue weighted by Crippen LogP contribution is 2.36. The molecule has 0 bridgehead atoms. The number of nitrogens with one attached hydrogen (secondary N) is 1. The van der Waals surface area contributed by atoms with Crippen LogP contribution in [0.5, 0.6) is 5.75 Å². The maximum absolute atomic E-state index is 13.2. The van der Waals surface area contributed by atoms with E-state index in [1.165, 1.54) is 13.2 Å². The van der Waals surface area contributed by atoms with Gasteiger partial charge in [0.2, 0.25) is 0 Å². The van der Waals surface area contributed by atoms with Gasteiger partial charge in [-0.15, -0.1) is 11.3 Å². The van der Waals surface area contributed by atoms with Crippen LogP contribution in [0.4, 0.5) is 17.1 Å². The average molecular weight is 503 g/mol. The molecule has 0 aliphatic carbocycles. The molecule has 3 aromatic carbocycles. The molecule has 4 aromatic rings. The summed E-state index contributed by atoms with van der Waals surface area (Å²) in [5, 5.41) is 15.6. The van der Waals surface area contributed by atoms with Crippen molar-refractivity contribution in [2.45, 2.75) is 19.8 Å². The second kappa shape index (κ2) is 9.94. The van der Waals surface area contributed by atoms with Gasteiger partial charge in [-0.05, 0) is 61.2 Å². The Bertz CT molecular complexity index is 1410. The number of thiazole rings is 1. The van der Waals surface area contributed by atoms with Crippen LogP contribution in [0.25, 0.3) is 20.8 Å². The third-order valence-corrected chi connectivity index (χ3v) is 7.63. The number of amides is 1. The van der Waals surface area contributed by atoms with E-state index in [2.05, 4.69) is 12.2 Å². The quantitative estimate of drug-likeness (QED) is 0.243. The molecule has 0 spiro atoms. The number of carbonyl (C=O) groups is 1. The molecule has 1 aliphatic rings. The number of rotatable bonds is 6. The van der Waals surface area contributed by atoms with Crippen molar-refractivity contribution in [3.05, 3.63) is 76.3 Å². The predicted octanol–water partition coefficient (Wildman–Crippen LogP) is 6.37. The van der Waals surface area contributed by atoms with Crippen molar-refractivity contribution in [2.75, 3.05) is 30.4 Å². The topological polar surface area (TPSA) is 97.6 Å². The average Bonchev–Trinajstić information content (AvgIpc) is 3.33. The molecule has 2 heterocycles. The van der Waals surface area contributed by atoms with Gasteiger partial charge in [0.25, 0.3) is 11.6 Å². The zero-order valence-electron chi connectivity index (χ0n) is 20.1. The van der Waals surface area contributed by atoms with E-state index >= 15 is 0 Å². The number of nitro benzene ring substituents is 1. The standard InChI is InChI=1S/C27H26N4O4S/c1-17-11-13-30(14-12-17)22-9-7-18(16-23(22)31(33)34)26(32)28-21-15-19(8-10-24(21)35-2)27-29-20-5-3-4-6-25(20)36-27/h3-10,15-17H,11-14H2,1-2H3,(H,28,32). The second-order valence-corrected chi connectivity index (χ2v) is 10.0. The van der Waals surface area contributed by atoms with E-state index < -0.39 is 10.8 Å². The number of fused-ring (bicyclic) bond motifs is 1. The number of anilines is 2. The summed E-state index contributed by atoms with van der Waals surface area (Å²) in [7, 11) is 1.53. The molecule has 1 aliphatic heterocycles. The third kappa shape index (κ3) is 4.74. The van der Waals surface area contributed by atoms with Crippen LogP contribution in [0, 0.1) is 16.0 Å². The largest absolute Gasteiger partial charge is 0.495 e. The van der Waals surface area contributed by atoms with Gasteiger partial charge in [-0.25, -0.2) is 4.98 Å². The van der Waals surface area contributed by atoms with Gasteiger partial charge in [-0.3, -0.25) is 14.9 Å². The number of piperidine rings is 1. The molecule has 0 atom stereocenters. The van der Waals surface area contributed by atoms with Crippen LogP contribution in [0.2, 0.25) is 0 Å². The molecular weight excluding hydrogens is 476 g/mol. The fourth-order valence-corrected chi connectivity index (χ4v) is 5.42. The number of carbonyl (C=O) groups excluding carboxylic acids is 1. The first kappa shape index (κ1) is 23.7. The van der Waals surface area contributed by atoms with Crippen LogP contribution in [0.15, 0.2) is 60.7 Å². The Hall–Kier alpha value is -3.98. The van der Waals surface area contributed by atoms with E-state index in [1.807, 2.05) is 41.3 Å². The molecule has 8 nitrogen and oxygen atoms in total. The maximum atomic E-state index is 13.2. The lowest BCUT2D eigenvalue weighted by molar-refractivity contribution is -0.384. The smallest absolute Gasteiger partial charge is 0.293 e. The zero-order valence-corrected chi connectivity index (χ0v) is 20.9. The number of aromatic nitrogens is 1. The summed E-state index contributed by atoms with van der Waals surface area (Å²) in [5.41, 5.74) is 2.92. The molecule has 1 N–H and O–H groups in total. The number of benzene rings is 3. The highest BCUT2D eigenvalue weighted by Gasteiger charge is 2.25. The van der Waals surface area contributed by atoms with Crippen LogP contribution in [-0.4, -0.2) is 36.0 Å². The van der Waals surface area contributed by atoms with Crippen molar-refractivity contribution in [3.63, 3.8) is 0 Å². The van der Waals surface area contributed by atoms with Gasteiger partial charge in [0, 0.05) is 30.3 Å². The fraction of sp³-hybridized carbons (Fsp3) is 0.259. The van der Waals surface area contributed by atoms with Crippen molar-refractivity contribution in [1.29, 1.82) is 0 Å². The molecule has 1 saturated heterocycles. The molecule has 0 unspecified atom stereocenters. The van der Waals surface area contributed by atoms with Gasteiger partial charge in [0.15, 0.2) is 0 Å². The number of nitrogens with zero attached hydrogens (tertiary/aromatic N) is 3. The van der Waals surface area contributed by atoms with Gasteiger partial charge in [0.05, 0.1) is 27.9 Å². The van der Waals surface area contributed by atoms with Crippen LogP contribution in [0.1, 0.15) is 30.1 Å². The maximum Gasteiger partial charge on any atom is 0.293 e. The molecule has 5 rings (SSSR count). The van der Waals surface area contributed by atoms with Crippen molar-refractivity contribution in [2.24, 2.45) is 5.92 Å². The zero-order chi connectivity index (χ0) is 25.2.